The summed E-state index contributed by atoms with van der Waals surface area (Å²) in [4.78, 5) is 33.6. The van der Waals surface area contributed by atoms with Crippen molar-refractivity contribution in [1.29, 1.82) is 0 Å². The number of carbonyl (C=O) groups excluding carboxylic acids is 2. The highest BCUT2D eigenvalue weighted by atomic mass is 16.5. The Morgan fingerprint density at radius 3 is 2.46 bits per heavy atom. The molecule has 2 aromatic rings. The summed E-state index contributed by atoms with van der Waals surface area (Å²) in [5.74, 6) is 0.529. The van der Waals surface area contributed by atoms with Crippen molar-refractivity contribution in [3.8, 4) is 5.75 Å². The van der Waals surface area contributed by atoms with Gasteiger partial charge in [-0.05, 0) is 24.3 Å². The minimum Gasteiger partial charge on any atom is -0.488 e. The van der Waals surface area contributed by atoms with E-state index in [1.54, 1.807) is 34.3 Å². The van der Waals surface area contributed by atoms with Crippen molar-refractivity contribution < 1.29 is 19.1 Å². The highest BCUT2D eigenvalue weighted by Gasteiger charge is 2.42. The van der Waals surface area contributed by atoms with Gasteiger partial charge in [-0.15, -0.1) is 0 Å². The minimum absolute atomic E-state index is 0.0372. The van der Waals surface area contributed by atoms with E-state index >= 15 is 0 Å². The van der Waals surface area contributed by atoms with E-state index in [-0.39, 0.29) is 17.9 Å². The largest absolute Gasteiger partial charge is 0.488 e. The van der Waals surface area contributed by atoms with Crippen LogP contribution in [0.3, 0.4) is 0 Å². The minimum atomic E-state index is -0.535. The quantitative estimate of drug-likeness (QED) is 0.805. The lowest BCUT2D eigenvalue weighted by Crippen LogP contribution is -2.51. The number of likely N-dealkylation sites (tertiary alicyclic amines) is 1. The summed E-state index contributed by atoms with van der Waals surface area (Å²) in [5, 5.41) is 0. The van der Waals surface area contributed by atoms with Gasteiger partial charge in [-0.3, -0.25) is 14.6 Å². The molecule has 2 amide bonds. The van der Waals surface area contributed by atoms with Crippen LogP contribution in [0, 0.1) is 0 Å². The highest BCUT2D eigenvalue weighted by molar-refractivity contribution is 5.98. The average molecular weight is 381 g/mol. The number of amides is 2. The number of morpholine rings is 1. The second-order valence-corrected chi connectivity index (χ2v) is 6.94. The lowest BCUT2D eigenvalue weighted by Gasteiger charge is -2.32. The number of para-hydroxylation sites is 1. The first-order valence-corrected chi connectivity index (χ1v) is 9.51. The van der Waals surface area contributed by atoms with E-state index in [2.05, 4.69) is 4.98 Å². The molecule has 28 heavy (non-hydrogen) atoms. The van der Waals surface area contributed by atoms with Crippen molar-refractivity contribution in [3.05, 3.63) is 60.4 Å². The summed E-state index contributed by atoms with van der Waals surface area (Å²) in [6, 6.07) is 12.3. The molecule has 0 bridgehead atoms. The first kappa shape index (κ1) is 18.4. The molecule has 2 saturated heterocycles. The topological polar surface area (TPSA) is 72.0 Å². The normalized spacial score (nSPS) is 22.1. The summed E-state index contributed by atoms with van der Waals surface area (Å²) in [7, 11) is 0. The van der Waals surface area contributed by atoms with Crippen LogP contribution in [-0.4, -0.2) is 71.6 Å². The Kier molecular flexibility index (Phi) is 5.53. The number of carbonyl (C=O) groups is 2. The molecule has 0 aliphatic carbocycles. The number of nitrogens with zero attached hydrogens (tertiary/aromatic N) is 3. The molecule has 2 unspecified atom stereocenters. The molecular weight excluding hydrogens is 358 g/mol. The molecule has 1 aromatic carbocycles. The molecule has 0 N–H and O–H groups in total. The van der Waals surface area contributed by atoms with Gasteiger partial charge in [-0.2, -0.15) is 0 Å². The van der Waals surface area contributed by atoms with E-state index in [1.807, 2.05) is 30.3 Å². The molecule has 4 rings (SSSR count). The number of ether oxygens (including phenoxy) is 2. The molecule has 1 aromatic heterocycles. The SMILES string of the molecule is O=C(C1CC(Oc2ccccc2)CN1C(=O)c1ccncc1)N1CCOCC1. The smallest absolute Gasteiger partial charge is 0.254 e. The Morgan fingerprint density at radius 2 is 1.75 bits per heavy atom. The van der Waals surface area contributed by atoms with Crippen molar-refractivity contribution in [2.24, 2.45) is 0 Å². The van der Waals surface area contributed by atoms with Gasteiger partial charge in [-0.1, -0.05) is 18.2 Å². The van der Waals surface area contributed by atoms with Crippen LogP contribution in [0.25, 0.3) is 0 Å². The highest BCUT2D eigenvalue weighted by Crippen LogP contribution is 2.26. The van der Waals surface area contributed by atoms with Crippen molar-refractivity contribution in [2.45, 2.75) is 18.6 Å². The van der Waals surface area contributed by atoms with E-state index in [0.29, 0.717) is 44.8 Å². The second kappa shape index (κ2) is 8.39. The van der Waals surface area contributed by atoms with Gasteiger partial charge in [0.25, 0.3) is 5.91 Å². The van der Waals surface area contributed by atoms with E-state index in [9.17, 15) is 9.59 Å². The molecule has 0 spiro atoms. The van der Waals surface area contributed by atoms with Crippen LogP contribution in [0.4, 0.5) is 0 Å². The maximum absolute atomic E-state index is 13.2. The van der Waals surface area contributed by atoms with Crippen molar-refractivity contribution in [1.82, 2.24) is 14.8 Å². The number of rotatable bonds is 4. The van der Waals surface area contributed by atoms with Crippen molar-refractivity contribution in [2.75, 3.05) is 32.8 Å². The molecule has 0 radical (unpaired) electrons. The van der Waals surface area contributed by atoms with Gasteiger partial charge in [-0.25, -0.2) is 0 Å². The Balaban J connectivity index is 1.54. The first-order valence-electron chi connectivity index (χ1n) is 9.51. The Hall–Kier alpha value is -2.93. The zero-order chi connectivity index (χ0) is 19.3. The van der Waals surface area contributed by atoms with Crippen LogP contribution in [0.2, 0.25) is 0 Å². The molecule has 7 nitrogen and oxygen atoms in total. The van der Waals surface area contributed by atoms with Crippen molar-refractivity contribution >= 4 is 11.8 Å². The summed E-state index contributed by atoms with van der Waals surface area (Å²) < 4.78 is 11.4. The van der Waals surface area contributed by atoms with Gasteiger partial charge in [0.2, 0.25) is 5.91 Å². The zero-order valence-electron chi connectivity index (χ0n) is 15.6. The predicted molar refractivity (Wildman–Crippen MR) is 102 cm³/mol. The van der Waals surface area contributed by atoms with Crippen LogP contribution in [-0.2, 0) is 9.53 Å². The fourth-order valence-corrected chi connectivity index (χ4v) is 3.69. The van der Waals surface area contributed by atoms with Crippen LogP contribution >= 0.6 is 0 Å². The summed E-state index contributed by atoms with van der Waals surface area (Å²) in [6.45, 7) is 2.53. The van der Waals surface area contributed by atoms with E-state index < -0.39 is 6.04 Å². The van der Waals surface area contributed by atoms with Gasteiger partial charge in [0, 0.05) is 37.5 Å². The molecule has 2 aliphatic rings. The Bertz CT molecular complexity index is 809. The van der Waals surface area contributed by atoms with E-state index in [0.717, 1.165) is 5.75 Å². The number of benzene rings is 1. The molecule has 7 heteroatoms. The van der Waals surface area contributed by atoms with E-state index in [4.69, 9.17) is 9.47 Å². The van der Waals surface area contributed by atoms with Crippen molar-refractivity contribution in [3.63, 3.8) is 0 Å². The lowest BCUT2D eigenvalue weighted by atomic mass is 10.1. The van der Waals surface area contributed by atoms with Crippen LogP contribution < -0.4 is 4.74 Å². The second-order valence-electron chi connectivity index (χ2n) is 6.94. The van der Waals surface area contributed by atoms with Gasteiger partial charge in [0.05, 0.1) is 19.8 Å². The van der Waals surface area contributed by atoms with Crippen LogP contribution in [0.5, 0.6) is 5.75 Å². The van der Waals surface area contributed by atoms with Gasteiger partial charge < -0.3 is 19.3 Å². The Morgan fingerprint density at radius 1 is 1.04 bits per heavy atom. The van der Waals surface area contributed by atoms with Gasteiger partial charge >= 0.3 is 0 Å². The summed E-state index contributed by atoms with van der Waals surface area (Å²) >= 11 is 0. The maximum atomic E-state index is 13.2. The molecule has 2 atom stereocenters. The number of hydrogen-bond donors (Lipinski definition) is 0. The van der Waals surface area contributed by atoms with E-state index in [1.165, 1.54) is 0 Å². The fourth-order valence-electron chi connectivity index (χ4n) is 3.69. The molecule has 3 heterocycles. The first-order chi connectivity index (χ1) is 13.7. The summed E-state index contributed by atoms with van der Waals surface area (Å²) in [6.07, 6.45) is 3.41. The molecule has 146 valence electrons. The Labute approximate surface area is 163 Å². The third-order valence-electron chi connectivity index (χ3n) is 5.10. The third-order valence-corrected chi connectivity index (χ3v) is 5.10. The maximum Gasteiger partial charge on any atom is 0.254 e. The van der Waals surface area contributed by atoms with Gasteiger partial charge in [0.1, 0.15) is 17.9 Å². The average Bonchev–Trinajstić information content (AvgIpc) is 3.18. The molecule has 2 aliphatic heterocycles. The predicted octanol–water partition coefficient (Wildman–Crippen LogP) is 1.60. The lowest BCUT2D eigenvalue weighted by molar-refractivity contribution is -0.139. The fraction of sp³-hybridized carbons (Fsp3) is 0.381. The third kappa shape index (κ3) is 3.99. The summed E-state index contributed by atoms with van der Waals surface area (Å²) in [5.41, 5.74) is 0.523. The number of pyridine rings is 1. The monoisotopic (exact) mass is 381 g/mol. The van der Waals surface area contributed by atoms with Crippen LogP contribution in [0.1, 0.15) is 16.8 Å². The van der Waals surface area contributed by atoms with Gasteiger partial charge in [0.15, 0.2) is 0 Å². The molecular formula is C21H23N3O4. The molecule has 2 fully saturated rings. The number of hydrogen-bond acceptors (Lipinski definition) is 5. The number of aromatic nitrogens is 1. The molecule has 0 saturated carbocycles. The standard InChI is InChI=1S/C21H23N3O4/c25-20(16-6-8-22-9-7-16)24-15-18(28-17-4-2-1-3-5-17)14-19(24)21(26)23-10-12-27-13-11-23/h1-9,18-19H,10-15H2. The zero-order valence-corrected chi connectivity index (χ0v) is 15.6. The van der Waals surface area contributed by atoms with Crippen LogP contribution in [0.15, 0.2) is 54.9 Å².